The molecule has 0 aliphatic heterocycles. The molecule has 0 aliphatic rings. The van der Waals surface area contributed by atoms with Crippen LogP contribution in [-0.4, -0.2) is 18.2 Å². The third-order valence-corrected chi connectivity index (χ3v) is 1.93. The van der Waals surface area contributed by atoms with Gasteiger partial charge >= 0.3 is 0 Å². The first-order valence-corrected chi connectivity index (χ1v) is 4.89. The topological polar surface area (TPSA) is 46.2 Å². The van der Waals surface area contributed by atoms with E-state index in [1.54, 1.807) is 6.92 Å². The number of carbonyl (C=O) groups excluding carboxylic acids is 2. The molecule has 0 heterocycles. The molecule has 3 nitrogen and oxygen atoms in total. The molecule has 78 valence electrons. The first-order chi connectivity index (χ1) is 6.63. The molecule has 0 fully saturated rings. The van der Waals surface area contributed by atoms with Crippen LogP contribution in [0.25, 0.3) is 0 Å². The standard InChI is InChI=1S/C11H17NO2/c1-4-6-7-9(3)10(13)11(14)12-8-5-2/h1,9H,5-8H2,2-3H3,(H,12,14). The number of hydrogen-bond acceptors (Lipinski definition) is 2. The highest BCUT2D eigenvalue weighted by Gasteiger charge is 2.19. The molecule has 1 atom stereocenters. The molecule has 1 amide bonds. The monoisotopic (exact) mass is 195 g/mol. The summed E-state index contributed by atoms with van der Waals surface area (Å²) in [6.45, 7) is 4.21. The number of hydrogen-bond donors (Lipinski definition) is 1. The average molecular weight is 195 g/mol. The predicted octanol–water partition coefficient (Wildman–Crippen LogP) is 1.13. The summed E-state index contributed by atoms with van der Waals surface area (Å²) in [5.74, 6) is 1.32. The quantitative estimate of drug-likeness (QED) is 0.510. The molecule has 0 spiro atoms. The lowest BCUT2D eigenvalue weighted by atomic mass is 10.0. The SMILES string of the molecule is C#CCCC(C)C(=O)C(=O)NCCC. The lowest BCUT2D eigenvalue weighted by Crippen LogP contribution is -2.34. The van der Waals surface area contributed by atoms with Crippen molar-refractivity contribution < 1.29 is 9.59 Å². The Balaban J connectivity index is 3.92. The fourth-order valence-corrected chi connectivity index (χ4v) is 0.980. The van der Waals surface area contributed by atoms with E-state index in [9.17, 15) is 9.59 Å². The summed E-state index contributed by atoms with van der Waals surface area (Å²) in [6, 6.07) is 0. The number of ketones is 1. The van der Waals surface area contributed by atoms with Gasteiger partial charge in [-0.2, -0.15) is 0 Å². The fourth-order valence-electron chi connectivity index (χ4n) is 0.980. The van der Waals surface area contributed by atoms with Gasteiger partial charge in [0.2, 0.25) is 5.78 Å². The van der Waals surface area contributed by atoms with Gasteiger partial charge in [0.05, 0.1) is 0 Å². The van der Waals surface area contributed by atoms with Crippen LogP contribution in [0.1, 0.15) is 33.1 Å². The molecule has 0 saturated carbocycles. The zero-order valence-corrected chi connectivity index (χ0v) is 8.80. The van der Waals surface area contributed by atoms with Gasteiger partial charge in [0, 0.05) is 18.9 Å². The summed E-state index contributed by atoms with van der Waals surface area (Å²) in [4.78, 5) is 22.6. The van der Waals surface area contributed by atoms with E-state index >= 15 is 0 Å². The number of carbonyl (C=O) groups is 2. The minimum Gasteiger partial charge on any atom is -0.350 e. The van der Waals surface area contributed by atoms with E-state index < -0.39 is 5.91 Å². The third kappa shape index (κ3) is 4.66. The Labute approximate surface area is 85.3 Å². The van der Waals surface area contributed by atoms with Gasteiger partial charge in [0.1, 0.15) is 0 Å². The minimum atomic E-state index is -0.489. The van der Waals surface area contributed by atoms with Crippen LogP contribution >= 0.6 is 0 Å². The Morgan fingerprint density at radius 2 is 2.14 bits per heavy atom. The highest BCUT2D eigenvalue weighted by molar-refractivity contribution is 6.36. The zero-order valence-electron chi connectivity index (χ0n) is 8.80. The first kappa shape index (κ1) is 12.7. The van der Waals surface area contributed by atoms with Crippen molar-refractivity contribution in [1.82, 2.24) is 5.32 Å². The maximum atomic E-state index is 11.4. The minimum absolute atomic E-state index is 0.275. The Morgan fingerprint density at radius 1 is 1.50 bits per heavy atom. The Bertz CT molecular complexity index is 240. The highest BCUT2D eigenvalue weighted by Crippen LogP contribution is 2.05. The van der Waals surface area contributed by atoms with E-state index in [0.717, 1.165) is 6.42 Å². The summed E-state index contributed by atoms with van der Waals surface area (Å²) in [7, 11) is 0. The third-order valence-electron chi connectivity index (χ3n) is 1.93. The average Bonchev–Trinajstić information content (AvgIpc) is 2.21. The van der Waals surface area contributed by atoms with E-state index in [4.69, 9.17) is 6.42 Å². The van der Waals surface area contributed by atoms with Gasteiger partial charge in [-0.25, -0.2) is 0 Å². The second-order valence-electron chi connectivity index (χ2n) is 3.26. The van der Waals surface area contributed by atoms with Crippen LogP contribution in [-0.2, 0) is 9.59 Å². The van der Waals surface area contributed by atoms with Gasteiger partial charge in [-0.05, 0) is 12.8 Å². The molecular weight excluding hydrogens is 178 g/mol. The second kappa shape index (κ2) is 7.14. The first-order valence-electron chi connectivity index (χ1n) is 4.89. The van der Waals surface area contributed by atoms with Crippen LogP contribution in [0.2, 0.25) is 0 Å². The van der Waals surface area contributed by atoms with Gasteiger partial charge in [0.25, 0.3) is 5.91 Å². The molecule has 14 heavy (non-hydrogen) atoms. The van der Waals surface area contributed by atoms with Crippen molar-refractivity contribution in [2.24, 2.45) is 5.92 Å². The van der Waals surface area contributed by atoms with E-state index in [1.807, 2.05) is 6.92 Å². The predicted molar refractivity (Wildman–Crippen MR) is 55.5 cm³/mol. The number of terminal acetylenes is 1. The van der Waals surface area contributed by atoms with E-state index in [2.05, 4.69) is 11.2 Å². The zero-order chi connectivity index (χ0) is 11.0. The normalized spacial score (nSPS) is 11.5. The van der Waals surface area contributed by atoms with E-state index in [0.29, 0.717) is 19.4 Å². The lowest BCUT2D eigenvalue weighted by molar-refractivity contribution is -0.140. The fraction of sp³-hybridized carbons (Fsp3) is 0.636. The number of Topliss-reactive ketones (excluding diaryl/α,β-unsaturated/α-hetero) is 1. The molecule has 1 unspecified atom stereocenters. The maximum absolute atomic E-state index is 11.4. The molecule has 3 heteroatoms. The number of rotatable bonds is 6. The van der Waals surface area contributed by atoms with E-state index in [1.165, 1.54) is 0 Å². The summed E-state index contributed by atoms with van der Waals surface area (Å²) < 4.78 is 0. The van der Waals surface area contributed by atoms with Gasteiger partial charge in [0.15, 0.2) is 0 Å². The number of amides is 1. The molecule has 0 bridgehead atoms. The number of nitrogens with one attached hydrogen (secondary N) is 1. The smallest absolute Gasteiger partial charge is 0.287 e. The van der Waals surface area contributed by atoms with Crippen molar-refractivity contribution in [2.45, 2.75) is 33.1 Å². The van der Waals surface area contributed by atoms with Crippen molar-refractivity contribution in [3.05, 3.63) is 0 Å². The van der Waals surface area contributed by atoms with Crippen molar-refractivity contribution in [3.8, 4) is 12.3 Å². The molecular formula is C11H17NO2. The Kier molecular flexibility index (Phi) is 6.47. The van der Waals surface area contributed by atoms with Gasteiger partial charge in [-0.1, -0.05) is 13.8 Å². The van der Waals surface area contributed by atoms with Gasteiger partial charge in [-0.15, -0.1) is 12.3 Å². The Hall–Kier alpha value is -1.30. The molecule has 0 aromatic heterocycles. The Morgan fingerprint density at radius 3 is 2.64 bits per heavy atom. The van der Waals surface area contributed by atoms with Crippen molar-refractivity contribution in [1.29, 1.82) is 0 Å². The van der Waals surface area contributed by atoms with Crippen molar-refractivity contribution >= 4 is 11.7 Å². The summed E-state index contributed by atoms with van der Waals surface area (Å²) in [5.41, 5.74) is 0. The molecule has 1 N–H and O–H groups in total. The molecule has 0 aromatic rings. The van der Waals surface area contributed by atoms with Crippen molar-refractivity contribution in [3.63, 3.8) is 0 Å². The van der Waals surface area contributed by atoms with Crippen LogP contribution in [0.4, 0.5) is 0 Å². The molecule has 0 aromatic carbocycles. The van der Waals surface area contributed by atoms with Crippen LogP contribution in [0.15, 0.2) is 0 Å². The van der Waals surface area contributed by atoms with Crippen LogP contribution in [0.5, 0.6) is 0 Å². The van der Waals surface area contributed by atoms with Crippen LogP contribution in [0, 0.1) is 18.3 Å². The summed E-state index contributed by atoms with van der Waals surface area (Å²) >= 11 is 0. The molecule has 0 radical (unpaired) electrons. The van der Waals surface area contributed by atoms with Crippen LogP contribution < -0.4 is 5.32 Å². The molecule has 0 aliphatic carbocycles. The van der Waals surface area contributed by atoms with Gasteiger partial charge < -0.3 is 5.32 Å². The summed E-state index contributed by atoms with van der Waals surface area (Å²) in [5, 5.41) is 2.55. The lowest BCUT2D eigenvalue weighted by Gasteiger charge is -2.08. The van der Waals surface area contributed by atoms with Crippen molar-refractivity contribution in [2.75, 3.05) is 6.54 Å². The largest absolute Gasteiger partial charge is 0.350 e. The van der Waals surface area contributed by atoms with Gasteiger partial charge in [-0.3, -0.25) is 9.59 Å². The molecule has 0 saturated heterocycles. The van der Waals surface area contributed by atoms with Crippen LogP contribution in [0.3, 0.4) is 0 Å². The highest BCUT2D eigenvalue weighted by atomic mass is 16.2. The maximum Gasteiger partial charge on any atom is 0.287 e. The molecule has 0 rings (SSSR count). The second-order valence-corrected chi connectivity index (χ2v) is 3.26. The van der Waals surface area contributed by atoms with E-state index in [-0.39, 0.29) is 11.7 Å². The summed E-state index contributed by atoms with van der Waals surface area (Å²) in [6.07, 6.45) is 7.02.